The Kier molecular flexibility index (Phi) is 6.25. The molecule has 1 fully saturated rings. The Morgan fingerprint density at radius 2 is 1.89 bits per heavy atom. The van der Waals surface area contributed by atoms with Gasteiger partial charge in [-0.2, -0.15) is 4.31 Å². The number of hydrogen-bond acceptors (Lipinski definition) is 4. The SMILES string of the molecule is O=C(NCc1ccccc1S(=O)(=O)N1CCOCC1)c1ccc(F)cc1Br. The van der Waals surface area contributed by atoms with E-state index >= 15 is 0 Å². The van der Waals surface area contributed by atoms with Gasteiger partial charge in [-0.3, -0.25) is 4.79 Å². The van der Waals surface area contributed by atoms with Crippen molar-refractivity contribution >= 4 is 31.9 Å². The van der Waals surface area contributed by atoms with Gasteiger partial charge < -0.3 is 10.1 Å². The number of ether oxygens (including phenoxy) is 1. The van der Waals surface area contributed by atoms with Crippen LogP contribution in [0.1, 0.15) is 15.9 Å². The summed E-state index contributed by atoms with van der Waals surface area (Å²) in [5.41, 5.74) is 0.750. The molecule has 0 bridgehead atoms. The lowest BCUT2D eigenvalue weighted by atomic mass is 10.2. The molecule has 6 nitrogen and oxygen atoms in total. The first-order valence-corrected chi connectivity index (χ1v) is 10.5. The van der Waals surface area contributed by atoms with Crippen molar-refractivity contribution in [1.29, 1.82) is 0 Å². The van der Waals surface area contributed by atoms with Crippen LogP contribution in [0.5, 0.6) is 0 Å². The number of halogens is 2. The lowest BCUT2D eigenvalue weighted by Gasteiger charge is -2.27. The third-order valence-corrected chi connectivity index (χ3v) is 6.83. The Morgan fingerprint density at radius 1 is 1.19 bits per heavy atom. The fraction of sp³-hybridized carbons (Fsp3) is 0.278. The number of nitrogens with zero attached hydrogens (tertiary/aromatic N) is 1. The van der Waals surface area contributed by atoms with Gasteiger partial charge >= 0.3 is 0 Å². The summed E-state index contributed by atoms with van der Waals surface area (Å²) in [5.74, 6) is -0.888. The number of nitrogens with one attached hydrogen (secondary N) is 1. The third kappa shape index (κ3) is 4.55. The molecule has 0 atom stereocenters. The fourth-order valence-corrected chi connectivity index (χ4v) is 4.93. The monoisotopic (exact) mass is 456 g/mol. The second-order valence-corrected chi connectivity index (χ2v) is 8.69. The maximum Gasteiger partial charge on any atom is 0.252 e. The molecule has 0 unspecified atom stereocenters. The minimum absolute atomic E-state index is 0.0302. The standard InChI is InChI=1S/C18H18BrFN2O4S/c19-16-11-14(20)5-6-15(16)18(23)21-12-13-3-1-2-4-17(13)27(24,25)22-7-9-26-10-8-22/h1-6,11H,7-10,12H2,(H,21,23). The van der Waals surface area contributed by atoms with Crippen molar-refractivity contribution in [3.63, 3.8) is 0 Å². The van der Waals surface area contributed by atoms with Crippen LogP contribution in [0.25, 0.3) is 0 Å². The molecule has 2 aromatic carbocycles. The van der Waals surface area contributed by atoms with Crippen molar-refractivity contribution in [1.82, 2.24) is 9.62 Å². The molecule has 1 amide bonds. The smallest absolute Gasteiger partial charge is 0.252 e. The first-order valence-electron chi connectivity index (χ1n) is 8.28. The predicted octanol–water partition coefficient (Wildman–Crippen LogP) is 2.54. The number of carbonyl (C=O) groups excluding carboxylic acids is 1. The van der Waals surface area contributed by atoms with Gasteiger partial charge in [-0.1, -0.05) is 18.2 Å². The zero-order valence-corrected chi connectivity index (χ0v) is 16.7. The van der Waals surface area contributed by atoms with Crippen LogP contribution in [-0.2, 0) is 21.3 Å². The van der Waals surface area contributed by atoms with Gasteiger partial charge in [-0.15, -0.1) is 0 Å². The zero-order valence-electron chi connectivity index (χ0n) is 14.3. The van der Waals surface area contributed by atoms with Crippen molar-refractivity contribution in [3.05, 3.63) is 63.9 Å². The summed E-state index contributed by atoms with van der Waals surface area (Å²) in [7, 11) is -3.68. The average Bonchev–Trinajstić information content (AvgIpc) is 2.67. The number of sulfonamides is 1. The van der Waals surface area contributed by atoms with E-state index < -0.39 is 21.7 Å². The maximum absolute atomic E-state index is 13.2. The van der Waals surface area contributed by atoms with Crippen molar-refractivity contribution in [2.24, 2.45) is 0 Å². The average molecular weight is 457 g/mol. The summed E-state index contributed by atoms with van der Waals surface area (Å²) in [6.45, 7) is 1.34. The molecule has 1 aliphatic heterocycles. The highest BCUT2D eigenvalue weighted by Gasteiger charge is 2.28. The molecular formula is C18H18BrFN2O4S. The van der Waals surface area contributed by atoms with Crippen LogP contribution in [0.2, 0.25) is 0 Å². The van der Waals surface area contributed by atoms with Gasteiger partial charge in [0.25, 0.3) is 5.91 Å². The highest BCUT2D eigenvalue weighted by molar-refractivity contribution is 9.10. The van der Waals surface area contributed by atoms with E-state index in [1.54, 1.807) is 18.2 Å². The highest BCUT2D eigenvalue weighted by atomic mass is 79.9. The van der Waals surface area contributed by atoms with Crippen molar-refractivity contribution in [3.8, 4) is 0 Å². The Hall–Kier alpha value is -1.81. The van der Waals surface area contributed by atoms with E-state index in [9.17, 15) is 17.6 Å². The first-order chi connectivity index (χ1) is 12.9. The minimum Gasteiger partial charge on any atom is -0.379 e. The Balaban J connectivity index is 1.79. The molecule has 1 N–H and O–H groups in total. The van der Waals surface area contributed by atoms with E-state index in [1.807, 2.05) is 0 Å². The fourth-order valence-electron chi connectivity index (χ4n) is 2.77. The summed E-state index contributed by atoms with van der Waals surface area (Å²) in [6.07, 6.45) is 0. The topological polar surface area (TPSA) is 75.7 Å². The Labute approximate surface area is 165 Å². The molecule has 27 heavy (non-hydrogen) atoms. The van der Waals surface area contributed by atoms with Crippen LogP contribution >= 0.6 is 15.9 Å². The molecule has 1 saturated heterocycles. The van der Waals surface area contributed by atoms with Crippen LogP contribution in [0.3, 0.4) is 0 Å². The molecule has 0 spiro atoms. The van der Waals surface area contributed by atoms with E-state index in [4.69, 9.17) is 4.74 Å². The Bertz CT molecular complexity index is 946. The van der Waals surface area contributed by atoms with Crippen molar-refractivity contribution in [2.45, 2.75) is 11.4 Å². The lowest BCUT2D eigenvalue weighted by molar-refractivity contribution is 0.0730. The van der Waals surface area contributed by atoms with Gasteiger partial charge in [0.15, 0.2) is 0 Å². The third-order valence-electron chi connectivity index (χ3n) is 4.18. The predicted molar refractivity (Wildman–Crippen MR) is 101 cm³/mol. The number of rotatable bonds is 5. The Morgan fingerprint density at radius 3 is 2.59 bits per heavy atom. The quantitative estimate of drug-likeness (QED) is 0.749. The van der Waals surface area contributed by atoms with Gasteiger partial charge in [-0.25, -0.2) is 12.8 Å². The molecular weight excluding hydrogens is 439 g/mol. The van der Waals surface area contributed by atoms with E-state index in [0.717, 1.165) is 0 Å². The van der Waals surface area contributed by atoms with Crippen molar-refractivity contribution < 1.29 is 22.3 Å². The number of amides is 1. The summed E-state index contributed by atoms with van der Waals surface area (Å²) < 4.78 is 46.0. The normalized spacial score (nSPS) is 15.5. The van der Waals surface area contributed by atoms with Crippen LogP contribution in [0, 0.1) is 5.82 Å². The first kappa shape index (κ1) is 19.9. The van der Waals surface area contributed by atoms with Gasteiger partial charge in [0.1, 0.15) is 5.82 Å². The number of benzene rings is 2. The van der Waals surface area contributed by atoms with Gasteiger partial charge in [-0.05, 0) is 45.8 Å². The van der Waals surface area contributed by atoms with E-state index in [2.05, 4.69) is 21.2 Å². The van der Waals surface area contributed by atoms with Gasteiger partial charge in [0, 0.05) is 24.1 Å². The maximum atomic E-state index is 13.2. The molecule has 1 heterocycles. The van der Waals surface area contributed by atoms with Crippen molar-refractivity contribution in [2.75, 3.05) is 26.3 Å². The van der Waals surface area contributed by atoms with Crippen LogP contribution < -0.4 is 5.32 Å². The molecule has 9 heteroatoms. The van der Waals surface area contributed by atoms with E-state index in [1.165, 1.54) is 28.6 Å². The summed E-state index contributed by atoms with van der Waals surface area (Å²) in [4.78, 5) is 12.5. The zero-order chi connectivity index (χ0) is 19.4. The highest BCUT2D eigenvalue weighted by Crippen LogP contribution is 2.22. The molecule has 0 aliphatic carbocycles. The van der Waals surface area contributed by atoms with Gasteiger partial charge in [0.2, 0.25) is 10.0 Å². The van der Waals surface area contributed by atoms with E-state index in [0.29, 0.717) is 36.3 Å². The molecule has 3 rings (SSSR count). The van der Waals surface area contributed by atoms with Crippen LogP contribution in [-0.4, -0.2) is 44.9 Å². The lowest BCUT2D eigenvalue weighted by Crippen LogP contribution is -2.41. The molecule has 0 radical (unpaired) electrons. The van der Waals surface area contributed by atoms with Crippen LogP contribution in [0.4, 0.5) is 4.39 Å². The second kappa shape index (κ2) is 8.47. The number of hydrogen-bond donors (Lipinski definition) is 1. The van der Waals surface area contributed by atoms with Gasteiger partial charge in [0.05, 0.1) is 23.7 Å². The minimum atomic E-state index is -3.68. The molecule has 0 aromatic heterocycles. The summed E-state index contributed by atoms with van der Waals surface area (Å²) >= 11 is 3.16. The summed E-state index contributed by atoms with van der Waals surface area (Å²) in [5, 5.41) is 2.69. The van der Waals surface area contributed by atoms with Crippen LogP contribution in [0.15, 0.2) is 51.8 Å². The molecule has 0 saturated carbocycles. The molecule has 2 aromatic rings. The molecule has 1 aliphatic rings. The molecule has 144 valence electrons. The van der Waals surface area contributed by atoms with E-state index in [-0.39, 0.29) is 17.0 Å². The largest absolute Gasteiger partial charge is 0.379 e. The number of carbonyl (C=O) groups is 1. The second-order valence-electron chi connectivity index (χ2n) is 5.93. The number of morpholine rings is 1. The summed E-state index contributed by atoms with van der Waals surface area (Å²) in [6, 6.07) is 10.3.